The van der Waals surface area contributed by atoms with Crippen molar-refractivity contribution in [2.24, 2.45) is 5.92 Å². The molecule has 5 nitrogen and oxygen atoms in total. The fourth-order valence-corrected chi connectivity index (χ4v) is 3.57. The molecule has 1 saturated heterocycles. The Kier molecular flexibility index (Phi) is 4.75. The van der Waals surface area contributed by atoms with Gasteiger partial charge in [-0.25, -0.2) is 0 Å². The van der Waals surface area contributed by atoms with Crippen LogP contribution in [0.3, 0.4) is 0 Å². The monoisotopic (exact) mass is 361 g/mol. The van der Waals surface area contributed by atoms with Gasteiger partial charge in [-0.1, -0.05) is 25.1 Å². The molecule has 1 atom stereocenters. The van der Waals surface area contributed by atoms with E-state index in [-0.39, 0.29) is 5.91 Å². The van der Waals surface area contributed by atoms with Crippen molar-refractivity contribution < 1.29 is 9.21 Å². The maximum Gasteiger partial charge on any atom is 0.253 e. The third-order valence-electron chi connectivity index (χ3n) is 5.12. The highest BCUT2D eigenvalue weighted by molar-refractivity contribution is 5.94. The van der Waals surface area contributed by atoms with Gasteiger partial charge in [0, 0.05) is 29.8 Å². The van der Waals surface area contributed by atoms with Crippen molar-refractivity contribution in [2.45, 2.75) is 26.7 Å². The summed E-state index contributed by atoms with van der Waals surface area (Å²) in [5, 5.41) is 8.34. The number of benzene rings is 2. The predicted octanol–water partition coefficient (Wildman–Crippen LogP) is 4.58. The van der Waals surface area contributed by atoms with Crippen LogP contribution in [-0.2, 0) is 0 Å². The second-order valence-corrected chi connectivity index (χ2v) is 7.30. The van der Waals surface area contributed by atoms with E-state index < -0.39 is 0 Å². The number of aromatic nitrogens is 2. The summed E-state index contributed by atoms with van der Waals surface area (Å²) in [6, 6.07) is 15.3. The molecule has 3 aromatic rings. The molecule has 0 N–H and O–H groups in total. The van der Waals surface area contributed by atoms with Crippen LogP contribution in [0.4, 0.5) is 0 Å². The molecule has 2 aromatic carbocycles. The average Bonchev–Trinajstić information content (AvgIpc) is 3.18. The third-order valence-corrected chi connectivity index (χ3v) is 5.12. The van der Waals surface area contributed by atoms with Crippen LogP contribution in [0.2, 0.25) is 0 Å². The SMILES string of the molecule is Cc1ccccc1-c1nnc(-c2ccc(C(=O)N3CCCC(C)C3)cc2)o1. The number of carbonyl (C=O) groups excluding carboxylic acids is 1. The summed E-state index contributed by atoms with van der Waals surface area (Å²) in [6.45, 7) is 5.89. The van der Waals surface area contributed by atoms with Crippen LogP contribution in [0.1, 0.15) is 35.7 Å². The number of hydrogen-bond acceptors (Lipinski definition) is 4. The van der Waals surface area contributed by atoms with E-state index in [0.717, 1.165) is 36.2 Å². The van der Waals surface area contributed by atoms with Crippen LogP contribution >= 0.6 is 0 Å². The molecular formula is C22H23N3O2. The highest BCUT2D eigenvalue weighted by atomic mass is 16.4. The predicted molar refractivity (Wildman–Crippen MR) is 104 cm³/mol. The second kappa shape index (κ2) is 7.35. The fraction of sp³-hybridized carbons (Fsp3) is 0.318. The lowest BCUT2D eigenvalue weighted by atomic mass is 9.99. The number of hydrogen-bond donors (Lipinski definition) is 0. The molecule has 2 heterocycles. The summed E-state index contributed by atoms with van der Waals surface area (Å²) in [4.78, 5) is 14.6. The van der Waals surface area contributed by atoms with E-state index in [1.54, 1.807) is 0 Å². The Labute approximate surface area is 159 Å². The molecule has 1 aliphatic rings. The zero-order valence-electron chi connectivity index (χ0n) is 15.7. The standard InChI is InChI=1S/C22H23N3O2/c1-15-6-5-13-25(14-15)22(26)18-11-9-17(10-12-18)20-23-24-21(27-20)19-8-4-3-7-16(19)2/h3-4,7-12,15H,5-6,13-14H2,1-2H3. The molecule has 1 aromatic heterocycles. The summed E-state index contributed by atoms with van der Waals surface area (Å²) >= 11 is 0. The van der Waals surface area contributed by atoms with Crippen LogP contribution < -0.4 is 0 Å². The van der Waals surface area contributed by atoms with Gasteiger partial charge in [0.1, 0.15) is 0 Å². The first-order valence-corrected chi connectivity index (χ1v) is 9.41. The molecule has 27 heavy (non-hydrogen) atoms. The number of piperidine rings is 1. The maximum absolute atomic E-state index is 12.7. The van der Waals surface area contributed by atoms with Gasteiger partial charge in [0.05, 0.1) is 0 Å². The summed E-state index contributed by atoms with van der Waals surface area (Å²) < 4.78 is 5.85. The molecule has 1 unspecified atom stereocenters. The number of carbonyl (C=O) groups is 1. The van der Waals surface area contributed by atoms with Crippen LogP contribution in [0.5, 0.6) is 0 Å². The van der Waals surface area contributed by atoms with Crippen molar-refractivity contribution in [2.75, 3.05) is 13.1 Å². The van der Waals surface area contributed by atoms with Gasteiger partial charge in [-0.2, -0.15) is 0 Å². The first-order chi connectivity index (χ1) is 13.1. The van der Waals surface area contributed by atoms with Gasteiger partial charge >= 0.3 is 0 Å². The van der Waals surface area contributed by atoms with Gasteiger partial charge in [0.2, 0.25) is 11.8 Å². The molecule has 4 rings (SSSR count). The van der Waals surface area contributed by atoms with E-state index in [1.165, 1.54) is 6.42 Å². The Hall–Kier alpha value is -2.95. The van der Waals surface area contributed by atoms with E-state index in [4.69, 9.17) is 4.42 Å². The maximum atomic E-state index is 12.7. The van der Waals surface area contributed by atoms with Crippen molar-refractivity contribution in [1.82, 2.24) is 15.1 Å². The Bertz CT molecular complexity index is 946. The van der Waals surface area contributed by atoms with Gasteiger partial charge in [0.25, 0.3) is 5.91 Å². The largest absolute Gasteiger partial charge is 0.416 e. The summed E-state index contributed by atoms with van der Waals surface area (Å²) in [5.74, 6) is 1.63. The molecule has 5 heteroatoms. The van der Waals surface area contributed by atoms with Gasteiger partial charge in [-0.15, -0.1) is 10.2 Å². The number of rotatable bonds is 3. The molecule has 0 radical (unpaired) electrons. The molecule has 0 spiro atoms. The first kappa shape index (κ1) is 17.5. The fourth-order valence-electron chi connectivity index (χ4n) is 3.57. The minimum Gasteiger partial charge on any atom is -0.416 e. The number of likely N-dealkylation sites (tertiary alicyclic amines) is 1. The van der Waals surface area contributed by atoms with Gasteiger partial charge in [0.15, 0.2) is 0 Å². The molecular weight excluding hydrogens is 338 g/mol. The average molecular weight is 361 g/mol. The molecule has 0 aliphatic carbocycles. The smallest absolute Gasteiger partial charge is 0.253 e. The molecule has 138 valence electrons. The highest BCUT2D eigenvalue weighted by Gasteiger charge is 2.22. The quantitative estimate of drug-likeness (QED) is 0.685. The number of aryl methyl sites for hydroxylation is 1. The van der Waals surface area contributed by atoms with Crippen molar-refractivity contribution in [1.29, 1.82) is 0 Å². The summed E-state index contributed by atoms with van der Waals surface area (Å²) in [6.07, 6.45) is 2.28. The number of amides is 1. The van der Waals surface area contributed by atoms with E-state index in [0.29, 0.717) is 23.3 Å². The summed E-state index contributed by atoms with van der Waals surface area (Å²) in [7, 11) is 0. The van der Waals surface area contributed by atoms with E-state index in [1.807, 2.05) is 60.4 Å². The molecule has 1 aliphatic heterocycles. The van der Waals surface area contributed by atoms with E-state index in [9.17, 15) is 4.79 Å². The Morgan fingerprint density at radius 1 is 1.07 bits per heavy atom. The van der Waals surface area contributed by atoms with Gasteiger partial charge < -0.3 is 9.32 Å². The zero-order chi connectivity index (χ0) is 18.8. The Morgan fingerprint density at radius 2 is 1.81 bits per heavy atom. The Morgan fingerprint density at radius 3 is 2.56 bits per heavy atom. The summed E-state index contributed by atoms with van der Waals surface area (Å²) in [5.41, 5.74) is 3.53. The molecule has 1 fully saturated rings. The topological polar surface area (TPSA) is 59.2 Å². The van der Waals surface area contributed by atoms with Crippen LogP contribution in [0.25, 0.3) is 22.9 Å². The van der Waals surface area contributed by atoms with Crippen LogP contribution in [-0.4, -0.2) is 34.1 Å². The van der Waals surface area contributed by atoms with Crippen molar-refractivity contribution in [3.63, 3.8) is 0 Å². The van der Waals surface area contributed by atoms with E-state index >= 15 is 0 Å². The van der Waals surface area contributed by atoms with Crippen LogP contribution in [0.15, 0.2) is 52.9 Å². The zero-order valence-corrected chi connectivity index (χ0v) is 15.7. The third kappa shape index (κ3) is 3.63. The first-order valence-electron chi connectivity index (χ1n) is 9.41. The molecule has 1 amide bonds. The van der Waals surface area contributed by atoms with Crippen LogP contribution in [0, 0.1) is 12.8 Å². The van der Waals surface area contributed by atoms with Crippen molar-refractivity contribution in [3.8, 4) is 22.9 Å². The van der Waals surface area contributed by atoms with Crippen molar-refractivity contribution >= 4 is 5.91 Å². The lowest BCUT2D eigenvalue weighted by Gasteiger charge is -2.31. The minimum absolute atomic E-state index is 0.0965. The molecule has 0 bridgehead atoms. The highest BCUT2D eigenvalue weighted by Crippen LogP contribution is 2.26. The lowest BCUT2D eigenvalue weighted by Crippen LogP contribution is -2.39. The van der Waals surface area contributed by atoms with Crippen molar-refractivity contribution in [3.05, 3.63) is 59.7 Å². The lowest BCUT2D eigenvalue weighted by molar-refractivity contribution is 0.0683. The molecule has 0 saturated carbocycles. The van der Waals surface area contributed by atoms with E-state index in [2.05, 4.69) is 17.1 Å². The van der Waals surface area contributed by atoms with Gasteiger partial charge in [-0.05, 0) is 61.6 Å². The minimum atomic E-state index is 0.0965. The normalized spacial score (nSPS) is 17.1. The number of nitrogens with zero attached hydrogens (tertiary/aromatic N) is 3. The Balaban J connectivity index is 1.53. The van der Waals surface area contributed by atoms with Gasteiger partial charge in [-0.3, -0.25) is 4.79 Å². The second-order valence-electron chi connectivity index (χ2n) is 7.30.